The van der Waals surface area contributed by atoms with Gasteiger partial charge in [0.05, 0.1) is 18.1 Å². The van der Waals surface area contributed by atoms with Crippen molar-refractivity contribution in [3.63, 3.8) is 0 Å². The van der Waals surface area contributed by atoms with Crippen LogP contribution in [0.5, 0.6) is 5.75 Å². The maximum atomic E-state index is 12.1. The van der Waals surface area contributed by atoms with E-state index in [2.05, 4.69) is 21.2 Å². The number of amides is 2. The molecule has 1 N–H and O–H groups in total. The first-order valence-electron chi connectivity index (χ1n) is 8.50. The van der Waals surface area contributed by atoms with Crippen LogP contribution in [0.3, 0.4) is 0 Å². The maximum Gasteiger partial charge on any atom is 0.234 e. The van der Waals surface area contributed by atoms with E-state index in [1.54, 1.807) is 11.9 Å². The van der Waals surface area contributed by atoms with Gasteiger partial charge in [-0.2, -0.15) is 0 Å². The first-order chi connectivity index (χ1) is 12.9. The lowest BCUT2D eigenvalue weighted by Gasteiger charge is -2.17. The van der Waals surface area contributed by atoms with Gasteiger partial charge in [-0.05, 0) is 42.8 Å². The molecule has 0 unspecified atom stereocenters. The van der Waals surface area contributed by atoms with Crippen molar-refractivity contribution in [3.8, 4) is 5.75 Å². The molecule has 0 heterocycles. The van der Waals surface area contributed by atoms with Gasteiger partial charge in [-0.3, -0.25) is 9.59 Å². The van der Waals surface area contributed by atoms with Crippen LogP contribution in [0.25, 0.3) is 0 Å². The summed E-state index contributed by atoms with van der Waals surface area (Å²) in [6.07, 6.45) is 0. The topological polar surface area (TPSA) is 58.6 Å². The Kier molecular flexibility index (Phi) is 8.67. The molecule has 0 atom stereocenters. The molecule has 0 spiro atoms. The molecule has 0 aliphatic carbocycles. The van der Waals surface area contributed by atoms with E-state index < -0.39 is 0 Å². The minimum absolute atomic E-state index is 0.0249. The van der Waals surface area contributed by atoms with Crippen molar-refractivity contribution in [2.45, 2.75) is 6.92 Å². The van der Waals surface area contributed by atoms with Crippen molar-refractivity contribution in [3.05, 3.63) is 58.6 Å². The SMILES string of the molecule is Cc1cccc(OCCN(C)C(=O)CSCC(=O)Nc2cccc(Br)c2)c1. The van der Waals surface area contributed by atoms with E-state index in [1.165, 1.54) is 11.8 Å². The van der Waals surface area contributed by atoms with Gasteiger partial charge in [0.15, 0.2) is 0 Å². The molecule has 0 aliphatic heterocycles. The summed E-state index contributed by atoms with van der Waals surface area (Å²) in [5.74, 6) is 1.13. The fourth-order valence-electron chi connectivity index (χ4n) is 2.23. The number of carbonyl (C=O) groups is 2. The third-order valence-corrected chi connectivity index (χ3v) is 5.09. The van der Waals surface area contributed by atoms with E-state index >= 15 is 0 Å². The second-order valence-electron chi connectivity index (χ2n) is 6.03. The minimum atomic E-state index is -0.128. The van der Waals surface area contributed by atoms with Gasteiger partial charge in [0.2, 0.25) is 11.8 Å². The number of aryl methyl sites for hydroxylation is 1. The third-order valence-electron chi connectivity index (χ3n) is 3.68. The average Bonchev–Trinajstić information content (AvgIpc) is 2.61. The lowest BCUT2D eigenvalue weighted by molar-refractivity contribution is -0.127. The third kappa shape index (κ3) is 8.05. The fraction of sp³-hybridized carbons (Fsp3) is 0.300. The van der Waals surface area contributed by atoms with Gasteiger partial charge in [0, 0.05) is 17.2 Å². The summed E-state index contributed by atoms with van der Waals surface area (Å²) in [5.41, 5.74) is 1.86. The highest BCUT2D eigenvalue weighted by Crippen LogP contribution is 2.16. The van der Waals surface area contributed by atoms with Gasteiger partial charge < -0.3 is 15.0 Å². The van der Waals surface area contributed by atoms with E-state index in [-0.39, 0.29) is 23.3 Å². The first kappa shape index (κ1) is 21.3. The highest BCUT2D eigenvalue weighted by Gasteiger charge is 2.11. The van der Waals surface area contributed by atoms with Crippen molar-refractivity contribution in [2.75, 3.05) is 37.0 Å². The molecule has 27 heavy (non-hydrogen) atoms. The van der Waals surface area contributed by atoms with Crippen LogP contribution in [-0.2, 0) is 9.59 Å². The number of nitrogens with zero attached hydrogens (tertiary/aromatic N) is 1. The van der Waals surface area contributed by atoms with Crippen molar-refractivity contribution < 1.29 is 14.3 Å². The van der Waals surface area contributed by atoms with Gasteiger partial charge in [0.1, 0.15) is 12.4 Å². The molecule has 2 amide bonds. The zero-order valence-electron chi connectivity index (χ0n) is 15.4. The Bertz CT molecular complexity index is 785. The molecule has 0 aromatic heterocycles. The Labute approximate surface area is 172 Å². The van der Waals surface area contributed by atoms with Gasteiger partial charge >= 0.3 is 0 Å². The quantitative estimate of drug-likeness (QED) is 0.627. The summed E-state index contributed by atoms with van der Waals surface area (Å²) in [7, 11) is 1.74. The lowest BCUT2D eigenvalue weighted by Crippen LogP contribution is -2.32. The van der Waals surface area contributed by atoms with Crippen LogP contribution in [0, 0.1) is 6.92 Å². The number of anilines is 1. The molecule has 0 aliphatic rings. The van der Waals surface area contributed by atoms with Gasteiger partial charge in [0.25, 0.3) is 0 Å². The molecular weight excluding hydrogens is 428 g/mol. The fourth-order valence-corrected chi connectivity index (χ4v) is 3.39. The van der Waals surface area contributed by atoms with Crippen LogP contribution in [0.1, 0.15) is 5.56 Å². The molecule has 0 radical (unpaired) electrons. The summed E-state index contributed by atoms with van der Waals surface area (Å²) in [4.78, 5) is 25.7. The van der Waals surface area contributed by atoms with Gasteiger partial charge in [-0.1, -0.05) is 34.1 Å². The van der Waals surface area contributed by atoms with Crippen molar-refractivity contribution in [2.24, 2.45) is 0 Å². The van der Waals surface area contributed by atoms with Crippen molar-refractivity contribution in [1.82, 2.24) is 4.90 Å². The molecule has 5 nitrogen and oxygen atoms in total. The van der Waals surface area contributed by atoms with E-state index in [0.29, 0.717) is 13.2 Å². The maximum absolute atomic E-state index is 12.1. The standard InChI is InChI=1S/C20H23BrN2O3S/c1-15-5-3-8-18(11-15)26-10-9-23(2)20(25)14-27-13-19(24)22-17-7-4-6-16(21)12-17/h3-8,11-12H,9-10,13-14H2,1-2H3,(H,22,24). The molecule has 2 aromatic rings. The van der Waals surface area contributed by atoms with Crippen molar-refractivity contribution >= 4 is 45.2 Å². The van der Waals surface area contributed by atoms with Crippen LogP contribution >= 0.6 is 27.7 Å². The summed E-state index contributed by atoms with van der Waals surface area (Å²) in [6, 6.07) is 15.2. The molecule has 2 rings (SSSR count). The minimum Gasteiger partial charge on any atom is -0.492 e. The van der Waals surface area contributed by atoms with Crippen LogP contribution in [0.15, 0.2) is 53.0 Å². The Morgan fingerprint density at radius 3 is 2.67 bits per heavy atom. The second kappa shape index (κ2) is 11.0. The largest absolute Gasteiger partial charge is 0.492 e. The Balaban J connectivity index is 1.63. The van der Waals surface area contributed by atoms with Crippen LogP contribution in [0.2, 0.25) is 0 Å². The summed E-state index contributed by atoms with van der Waals surface area (Å²) in [6.45, 7) is 2.93. The monoisotopic (exact) mass is 450 g/mol. The molecule has 0 fully saturated rings. The summed E-state index contributed by atoms with van der Waals surface area (Å²) >= 11 is 4.66. The Morgan fingerprint density at radius 1 is 1.15 bits per heavy atom. The average molecular weight is 451 g/mol. The zero-order valence-corrected chi connectivity index (χ0v) is 17.8. The molecule has 0 bridgehead atoms. The molecule has 0 saturated heterocycles. The van der Waals surface area contributed by atoms with Gasteiger partial charge in [-0.15, -0.1) is 11.8 Å². The number of benzene rings is 2. The first-order valence-corrected chi connectivity index (χ1v) is 10.5. The predicted octanol–water partition coefficient (Wildman–Crippen LogP) is 3.97. The number of thioether (sulfide) groups is 1. The van der Waals surface area contributed by atoms with Crippen LogP contribution < -0.4 is 10.1 Å². The number of carbonyl (C=O) groups excluding carboxylic acids is 2. The summed E-state index contributed by atoms with van der Waals surface area (Å²) < 4.78 is 6.56. The van der Waals surface area contributed by atoms with Gasteiger partial charge in [-0.25, -0.2) is 0 Å². The molecule has 144 valence electrons. The molecule has 7 heteroatoms. The zero-order chi connectivity index (χ0) is 19.6. The van der Waals surface area contributed by atoms with E-state index in [0.717, 1.165) is 21.5 Å². The number of hydrogen-bond donors (Lipinski definition) is 1. The molecular formula is C20H23BrN2O3S. The normalized spacial score (nSPS) is 10.3. The van der Waals surface area contributed by atoms with Crippen LogP contribution in [-0.4, -0.2) is 48.4 Å². The number of rotatable bonds is 9. The van der Waals surface area contributed by atoms with Crippen LogP contribution in [0.4, 0.5) is 5.69 Å². The lowest BCUT2D eigenvalue weighted by atomic mass is 10.2. The number of hydrogen-bond acceptors (Lipinski definition) is 4. The number of halogens is 1. The predicted molar refractivity (Wildman–Crippen MR) is 114 cm³/mol. The number of likely N-dealkylation sites (N-methyl/N-ethyl adjacent to an activating group) is 1. The van der Waals surface area contributed by atoms with E-state index in [9.17, 15) is 9.59 Å². The number of ether oxygens (including phenoxy) is 1. The summed E-state index contributed by atoms with van der Waals surface area (Å²) in [5, 5.41) is 2.81. The second-order valence-corrected chi connectivity index (χ2v) is 7.93. The smallest absolute Gasteiger partial charge is 0.234 e. The Morgan fingerprint density at radius 2 is 1.93 bits per heavy atom. The van der Waals surface area contributed by atoms with Crippen molar-refractivity contribution in [1.29, 1.82) is 0 Å². The highest BCUT2D eigenvalue weighted by atomic mass is 79.9. The van der Waals surface area contributed by atoms with E-state index in [1.807, 2.05) is 55.5 Å². The highest BCUT2D eigenvalue weighted by molar-refractivity contribution is 9.10. The van der Waals surface area contributed by atoms with E-state index in [4.69, 9.17) is 4.74 Å². The number of nitrogens with one attached hydrogen (secondary N) is 1. The Hall–Kier alpha value is -1.99. The molecule has 2 aromatic carbocycles. The molecule has 0 saturated carbocycles.